The minimum atomic E-state index is -0.0703. The van der Waals surface area contributed by atoms with Crippen molar-refractivity contribution in [1.82, 2.24) is 25.5 Å². The summed E-state index contributed by atoms with van der Waals surface area (Å²) >= 11 is 0. The summed E-state index contributed by atoms with van der Waals surface area (Å²) in [7, 11) is 0. The van der Waals surface area contributed by atoms with Crippen LogP contribution in [0.3, 0.4) is 0 Å². The second kappa shape index (κ2) is 7.72. The van der Waals surface area contributed by atoms with Gasteiger partial charge in [-0.05, 0) is 42.3 Å². The molecule has 1 aliphatic rings. The van der Waals surface area contributed by atoms with Crippen molar-refractivity contribution in [1.29, 1.82) is 0 Å². The molecule has 0 radical (unpaired) electrons. The number of ether oxygens (including phenoxy) is 1. The molecule has 1 aromatic carbocycles. The van der Waals surface area contributed by atoms with Crippen LogP contribution in [-0.4, -0.2) is 38.8 Å². The number of nitrogens with one attached hydrogen (secondary N) is 1. The van der Waals surface area contributed by atoms with Crippen molar-refractivity contribution >= 4 is 5.91 Å². The van der Waals surface area contributed by atoms with E-state index in [0.717, 1.165) is 24.2 Å². The van der Waals surface area contributed by atoms with Crippen LogP contribution in [0.15, 0.2) is 36.9 Å². The van der Waals surface area contributed by atoms with Gasteiger partial charge in [0.05, 0.1) is 0 Å². The first kappa shape index (κ1) is 16.2. The summed E-state index contributed by atoms with van der Waals surface area (Å²) in [5.74, 6) is 1.17. The van der Waals surface area contributed by atoms with Crippen molar-refractivity contribution in [2.75, 3.05) is 6.61 Å². The van der Waals surface area contributed by atoms with Crippen molar-refractivity contribution in [2.45, 2.75) is 38.3 Å². The van der Waals surface area contributed by atoms with Gasteiger partial charge in [0, 0.05) is 11.6 Å². The zero-order valence-corrected chi connectivity index (χ0v) is 13.5. The van der Waals surface area contributed by atoms with E-state index >= 15 is 0 Å². The molecule has 0 aliphatic heterocycles. The van der Waals surface area contributed by atoms with Crippen molar-refractivity contribution < 1.29 is 9.53 Å². The van der Waals surface area contributed by atoms with Crippen LogP contribution in [0.1, 0.15) is 25.7 Å². The number of tetrazole rings is 1. The maximum absolute atomic E-state index is 12.0. The van der Waals surface area contributed by atoms with E-state index in [9.17, 15) is 4.79 Å². The molecule has 1 aromatic heterocycles. The van der Waals surface area contributed by atoms with E-state index in [1.807, 2.05) is 24.3 Å². The molecule has 7 nitrogen and oxygen atoms in total. The Kier molecular flexibility index (Phi) is 5.20. The Bertz CT molecular complexity index is 689. The minimum absolute atomic E-state index is 0.0703. The number of nitrogens with zero attached hydrogens (tertiary/aromatic N) is 4. The fourth-order valence-electron chi connectivity index (χ4n) is 2.75. The first-order valence-electron chi connectivity index (χ1n) is 8.16. The molecule has 1 heterocycles. The van der Waals surface area contributed by atoms with E-state index in [2.05, 4.69) is 27.3 Å². The molecule has 1 amide bonds. The lowest BCUT2D eigenvalue weighted by molar-refractivity contribution is -0.122. The van der Waals surface area contributed by atoms with Gasteiger partial charge in [0.2, 0.25) is 11.7 Å². The number of carbonyl (C=O) groups is 1. The van der Waals surface area contributed by atoms with Gasteiger partial charge in [0.1, 0.15) is 18.9 Å². The van der Waals surface area contributed by atoms with E-state index in [4.69, 9.17) is 4.74 Å². The zero-order chi connectivity index (χ0) is 16.8. The fraction of sp³-hybridized carbons (Fsp3) is 0.412. The third-order valence-corrected chi connectivity index (χ3v) is 3.94. The summed E-state index contributed by atoms with van der Waals surface area (Å²) in [6, 6.07) is 7.69. The zero-order valence-electron chi connectivity index (χ0n) is 13.5. The Morgan fingerprint density at radius 1 is 1.33 bits per heavy atom. The SMILES string of the molecule is C=CCOc1ccc(-c2nnn(CC(=O)NC3CCCC3)n2)cc1. The van der Waals surface area contributed by atoms with Gasteiger partial charge >= 0.3 is 0 Å². The summed E-state index contributed by atoms with van der Waals surface area (Å²) in [5, 5.41) is 15.2. The van der Waals surface area contributed by atoms with Gasteiger partial charge in [-0.3, -0.25) is 4.79 Å². The van der Waals surface area contributed by atoms with Crippen molar-refractivity contribution in [3.05, 3.63) is 36.9 Å². The maximum Gasteiger partial charge on any atom is 0.243 e. The average molecular weight is 327 g/mol. The largest absolute Gasteiger partial charge is 0.490 e. The van der Waals surface area contributed by atoms with Crippen LogP contribution in [0, 0.1) is 0 Å². The summed E-state index contributed by atoms with van der Waals surface area (Å²) in [4.78, 5) is 13.3. The fourth-order valence-corrected chi connectivity index (χ4v) is 2.75. The van der Waals surface area contributed by atoms with Crippen LogP contribution in [-0.2, 0) is 11.3 Å². The predicted molar refractivity (Wildman–Crippen MR) is 89.3 cm³/mol. The minimum Gasteiger partial charge on any atom is -0.490 e. The van der Waals surface area contributed by atoms with Crippen molar-refractivity contribution in [3.63, 3.8) is 0 Å². The quantitative estimate of drug-likeness (QED) is 0.786. The monoisotopic (exact) mass is 327 g/mol. The first-order valence-corrected chi connectivity index (χ1v) is 8.16. The molecule has 3 rings (SSSR count). The van der Waals surface area contributed by atoms with Crippen LogP contribution in [0.25, 0.3) is 11.4 Å². The molecule has 1 aliphatic carbocycles. The standard InChI is InChI=1S/C17H21N5O2/c1-2-11-24-15-9-7-13(8-10-15)17-19-21-22(20-17)12-16(23)18-14-5-3-4-6-14/h2,7-10,14H,1,3-6,11-12H2,(H,18,23). The van der Waals surface area contributed by atoms with Crippen molar-refractivity contribution in [2.24, 2.45) is 0 Å². The number of amides is 1. The van der Waals surface area contributed by atoms with E-state index in [1.54, 1.807) is 6.08 Å². The molecule has 0 spiro atoms. The number of hydrogen-bond donors (Lipinski definition) is 1. The molecule has 126 valence electrons. The number of benzene rings is 1. The molecule has 2 aromatic rings. The third-order valence-electron chi connectivity index (χ3n) is 3.94. The van der Waals surface area contributed by atoms with Crippen LogP contribution in [0.5, 0.6) is 5.75 Å². The van der Waals surface area contributed by atoms with Crippen LogP contribution in [0.4, 0.5) is 0 Å². The van der Waals surface area contributed by atoms with Gasteiger partial charge in [-0.2, -0.15) is 4.80 Å². The molecule has 24 heavy (non-hydrogen) atoms. The van der Waals surface area contributed by atoms with Gasteiger partial charge in [-0.15, -0.1) is 10.2 Å². The Balaban J connectivity index is 1.58. The van der Waals surface area contributed by atoms with Gasteiger partial charge in [0.15, 0.2) is 0 Å². The Hall–Kier alpha value is -2.70. The summed E-state index contributed by atoms with van der Waals surface area (Å²) in [6.07, 6.45) is 6.17. The summed E-state index contributed by atoms with van der Waals surface area (Å²) in [6.45, 7) is 4.16. The van der Waals surface area contributed by atoms with E-state index in [1.165, 1.54) is 17.6 Å². The molecular weight excluding hydrogens is 306 g/mol. The highest BCUT2D eigenvalue weighted by atomic mass is 16.5. The van der Waals surface area contributed by atoms with Crippen LogP contribution in [0.2, 0.25) is 0 Å². The Morgan fingerprint density at radius 3 is 2.79 bits per heavy atom. The van der Waals surface area contributed by atoms with Gasteiger partial charge in [-0.1, -0.05) is 25.5 Å². The molecule has 0 saturated heterocycles. The van der Waals surface area contributed by atoms with E-state index in [-0.39, 0.29) is 12.5 Å². The molecule has 1 N–H and O–H groups in total. The highest BCUT2D eigenvalue weighted by molar-refractivity contribution is 5.75. The van der Waals surface area contributed by atoms with E-state index < -0.39 is 0 Å². The van der Waals surface area contributed by atoms with Gasteiger partial charge < -0.3 is 10.1 Å². The van der Waals surface area contributed by atoms with Gasteiger partial charge in [0.25, 0.3) is 0 Å². The lowest BCUT2D eigenvalue weighted by atomic mass is 10.2. The van der Waals surface area contributed by atoms with Crippen LogP contribution >= 0.6 is 0 Å². The lowest BCUT2D eigenvalue weighted by Crippen LogP contribution is -2.35. The lowest BCUT2D eigenvalue weighted by Gasteiger charge is -2.10. The highest BCUT2D eigenvalue weighted by Crippen LogP contribution is 2.19. The molecule has 0 atom stereocenters. The predicted octanol–water partition coefficient (Wildman–Crippen LogP) is 1.96. The van der Waals surface area contributed by atoms with Crippen LogP contribution < -0.4 is 10.1 Å². The number of hydrogen-bond acceptors (Lipinski definition) is 5. The molecule has 0 bridgehead atoms. The summed E-state index contributed by atoms with van der Waals surface area (Å²) < 4.78 is 5.43. The second-order valence-electron chi connectivity index (χ2n) is 5.82. The maximum atomic E-state index is 12.0. The summed E-state index contributed by atoms with van der Waals surface area (Å²) in [5.41, 5.74) is 0.823. The first-order chi connectivity index (χ1) is 11.7. The molecule has 0 unspecified atom stereocenters. The van der Waals surface area contributed by atoms with Crippen molar-refractivity contribution in [3.8, 4) is 17.1 Å². The third kappa shape index (κ3) is 4.18. The molecular formula is C17H21N5O2. The Morgan fingerprint density at radius 2 is 2.08 bits per heavy atom. The second-order valence-corrected chi connectivity index (χ2v) is 5.82. The topological polar surface area (TPSA) is 81.9 Å². The number of carbonyl (C=O) groups excluding carboxylic acids is 1. The van der Waals surface area contributed by atoms with E-state index in [0.29, 0.717) is 18.5 Å². The molecule has 1 saturated carbocycles. The smallest absolute Gasteiger partial charge is 0.243 e. The normalized spacial score (nSPS) is 14.5. The molecule has 7 heteroatoms. The van der Waals surface area contributed by atoms with Gasteiger partial charge in [-0.25, -0.2) is 0 Å². The number of rotatable bonds is 7. The number of aromatic nitrogens is 4. The highest BCUT2D eigenvalue weighted by Gasteiger charge is 2.18. The average Bonchev–Trinajstić information content (AvgIpc) is 3.25. The Labute approximate surface area is 140 Å². The molecule has 1 fully saturated rings.